The molecule has 3 aromatic rings. The Hall–Kier alpha value is -2.18. The first-order valence-electron chi connectivity index (χ1n) is 10.3. The van der Waals surface area contributed by atoms with E-state index in [-0.39, 0.29) is 17.9 Å². The van der Waals surface area contributed by atoms with Crippen LogP contribution in [0.15, 0.2) is 53.0 Å². The molecule has 0 saturated heterocycles. The maximum Gasteiger partial charge on any atom is 0.322 e. The lowest BCUT2D eigenvalue weighted by Gasteiger charge is -2.36. The van der Waals surface area contributed by atoms with Crippen LogP contribution in [0, 0.1) is 5.82 Å². The van der Waals surface area contributed by atoms with E-state index >= 15 is 0 Å². The number of nitrogens with one attached hydrogen (secondary N) is 1. The predicted molar refractivity (Wildman–Crippen MR) is 123 cm³/mol. The van der Waals surface area contributed by atoms with Crippen molar-refractivity contribution < 1.29 is 9.18 Å². The van der Waals surface area contributed by atoms with Gasteiger partial charge < -0.3 is 10.2 Å². The quantitative estimate of drug-likeness (QED) is 0.430. The second kappa shape index (κ2) is 8.16. The van der Waals surface area contributed by atoms with Gasteiger partial charge in [0, 0.05) is 26.5 Å². The summed E-state index contributed by atoms with van der Waals surface area (Å²) in [5.74, 6) is -0.258. The molecule has 1 aromatic heterocycles. The van der Waals surface area contributed by atoms with Crippen LogP contribution in [0.1, 0.15) is 45.3 Å². The van der Waals surface area contributed by atoms with Gasteiger partial charge in [-0.05, 0) is 85.2 Å². The number of carbonyl (C=O) groups excluding carboxylic acids is 1. The van der Waals surface area contributed by atoms with Crippen LogP contribution in [0.25, 0.3) is 0 Å². The lowest BCUT2D eigenvalue weighted by atomic mass is 9.88. The first-order valence-corrected chi connectivity index (χ1v) is 11.9. The molecule has 0 radical (unpaired) electrons. The molecule has 2 heterocycles. The molecular weight excluding hydrogens is 463 g/mol. The van der Waals surface area contributed by atoms with Crippen LogP contribution in [0.3, 0.4) is 0 Å². The Morgan fingerprint density at radius 3 is 2.50 bits per heavy atom. The van der Waals surface area contributed by atoms with Gasteiger partial charge in [-0.3, -0.25) is 0 Å². The van der Waals surface area contributed by atoms with E-state index in [1.165, 1.54) is 45.9 Å². The van der Waals surface area contributed by atoms with E-state index in [0.717, 1.165) is 35.0 Å². The molecule has 1 aliphatic carbocycles. The van der Waals surface area contributed by atoms with Gasteiger partial charge in [0.25, 0.3) is 0 Å². The van der Waals surface area contributed by atoms with Crippen LogP contribution in [-0.4, -0.2) is 17.5 Å². The molecule has 1 atom stereocenters. The van der Waals surface area contributed by atoms with Crippen LogP contribution in [0.4, 0.5) is 14.9 Å². The number of nitrogens with zero attached hydrogens (tertiary/aromatic N) is 1. The minimum Gasteiger partial charge on any atom is -0.312 e. The fourth-order valence-electron chi connectivity index (χ4n) is 4.57. The van der Waals surface area contributed by atoms with Crippen LogP contribution < -0.4 is 5.32 Å². The van der Waals surface area contributed by atoms with Crippen molar-refractivity contribution in [3.05, 3.63) is 85.3 Å². The maximum absolute atomic E-state index is 13.6. The molecule has 0 unspecified atom stereocenters. The normalized spacial score (nSPS) is 17.9. The van der Waals surface area contributed by atoms with Gasteiger partial charge in [0.2, 0.25) is 0 Å². The number of anilines is 1. The lowest BCUT2D eigenvalue weighted by Crippen LogP contribution is -2.42. The molecule has 6 heteroatoms. The van der Waals surface area contributed by atoms with Gasteiger partial charge in [-0.15, -0.1) is 11.3 Å². The molecule has 5 rings (SSSR count). The zero-order chi connectivity index (χ0) is 20.7. The van der Waals surface area contributed by atoms with Crippen molar-refractivity contribution in [2.45, 2.75) is 38.1 Å². The Bertz CT molecular complexity index is 1080. The van der Waals surface area contributed by atoms with Crippen molar-refractivity contribution in [2.75, 3.05) is 11.9 Å². The SMILES string of the molecule is O=C(Nc1ccc(Br)cc1)N1CCc2c(sc3c2CCCC3)[C@@H]1c1ccc(F)cc1. The van der Waals surface area contributed by atoms with Crippen LogP contribution in [0.2, 0.25) is 0 Å². The number of benzene rings is 2. The summed E-state index contributed by atoms with van der Waals surface area (Å²) in [6, 6.07) is 13.9. The van der Waals surface area contributed by atoms with Crippen molar-refractivity contribution >= 4 is 39.0 Å². The largest absolute Gasteiger partial charge is 0.322 e. The second-order valence-corrected chi connectivity index (χ2v) is 9.94. The number of halogens is 2. The summed E-state index contributed by atoms with van der Waals surface area (Å²) in [5, 5.41) is 3.04. The predicted octanol–water partition coefficient (Wildman–Crippen LogP) is 6.71. The number of carbonyl (C=O) groups is 1. The molecule has 2 aromatic carbocycles. The Labute approximate surface area is 188 Å². The van der Waals surface area contributed by atoms with E-state index in [9.17, 15) is 9.18 Å². The van der Waals surface area contributed by atoms with Crippen molar-refractivity contribution in [1.29, 1.82) is 0 Å². The fraction of sp³-hybridized carbons (Fsp3) is 0.292. The number of hydrogen-bond donors (Lipinski definition) is 1. The third kappa shape index (κ3) is 3.67. The summed E-state index contributed by atoms with van der Waals surface area (Å²) < 4.78 is 14.6. The standard InChI is InChI=1S/C24H22BrFN2OS/c25-16-7-11-18(12-8-16)27-24(29)28-14-13-20-19-3-1-2-4-21(19)30-23(20)22(28)15-5-9-17(26)10-6-15/h5-12,22H,1-4,13-14H2,(H,27,29)/t22-/m0/s1. The summed E-state index contributed by atoms with van der Waals surface area (Å²) in [6.45, 7) is 0.653. The summed E-state index contributed by atoms with van der Waals surface area (Å²) >= 11 is 5.28. The van der Waals surface area contributed by atoms with Crippen LogP contribution in [0.5, 0.6) is 0 Å². The topological polar surface area (TPSA) is 32.3 Å². The average Bonchev–Trinajstić information content (AvgIpc) is 3.14. The van der Waals surface area contributed by atoms with Gasteiger partial charge in [-0.25, -0.2) is 9.18 Å². The van der Waals surface area contributed by atoms with E-state index in [4.69, 9.17) is 0 Å². The Kier molecular flexibility index (Phi) is 5.37. The van der Waals surface area contributed by atoms with Gasteiger partial charge in [0.05, 0.1) is 6.04 Å². The Morgan fingerprint density at radius 2 is 1.73 bits per heavy atom. The highest BCUT2D eigenvalue weighted by Crippen LogP contribution is 2.45. The molecule has 1 N–H and O–H groups in total. The first-order chi connectivity index (χ1) is 14.6. The Balaban J connectivity index is 1.53. The Morgan fingerprint density at radius 1 is 1.00 bits per heavy atom. The number of thiophene rings is 1. The minimum absolute atomic E-state index is 0.122. The van der Waals surface area contributed by atoms with Gasteiger partial charge in [0.15, 0.2) is 0 Å². The molecule has 0 bridgehead atoms. The molecule has 154 valence electrons. The molecule has 2 amide bonds. The van der Waals surface area contributed by atoms with Gasteiger partial charge in [0.1, 0.15) is 5.82 Å². The fourth-order valence-corrected chi connectivity index (χ4v) is 6.42. The molecule has 0 fully saturated rings. The number of urea groups is 1. The van der Waals surface area contributed by atoms with Crippen LogP contribution in [-0.2, 0) is 19.3 Å². The lowest BCUT2D eigenvalue weighted by molar-refractivity contribution is 0.195. The van der Waals surface area contributed by atoms with Crippen molar-refractivity contribution in [3.63, 3.8) is 0 Å². The average molecular weight is 485 g/mol. The third-order valence-corrected chi connectivity index (χ3v) is 7.93. The number of aryl methyl sites for hydroxylation is 1. The third-order valence-electron chi connectivity index (χ3n) is 6.02. The highest BCUT2D eigenvalue weighted by atomic mass is 79.9. The van der Waals surface area contributed by atoms with E-state index < -0.39 is 0 Å². The number of fused-ring (bicyclic) bond motifs is 3. The van der Waals surface area contributed by atoms with Gasteiger partial charge in [-0.1, -0.05) is 28.1 Å². The maximum atomic E-state index is 13.6. The monoisotopic (exact) mass is 484 g/mol. The smallest absolute Gasteiger partial charge is 0.312 e. The summed E-state index contributed by atoms with van der Waals surface area (Å²) in [7, 11) is 0. The zero-order valence-corrected chi connectivity index (χ0v) is 18.9. The molecule has 0 saturated carbocycles. The highest BCUT2D eigenvalue weighted by Gasteiger charge is 2.36. The molecule has 30 heavy (non-hydrogen) atoms. The number of hydrogen-bond acceptors (Lipinski definition) is 2. The van der Waals surface area contributed by atoms with Crippen LogP contribution >= 0.6 is 27.3 Å². The molecule has 1 aliphatic heterocycles. The highest BCUT2D eigenvalue weighted by molar-refractivity contribution is 9.10. The van der Waals surface area contributed by atoms with E-state index in [1.807, 2.05) is 52.6 Å². The van der Waals surface area contributed by atoms with E-state index in [1.54, 1.807) is 0 Å². The second-order valence-electron chi connectivity index (χ2n) is 7.89. The van der Waals surface area contributed by atoms with Crippen molar-refractivity contribution in [2.24, 2.45) is 0 Å². The minimum atomic E-state index is -0.258. The summed E-state index contributed by atoms with van der Waals surface area (Å²) in [6.07, 6.45) is 5.63. The molecule has 2 aliphatic rings. The molecular formula is C24H22BrFN2OS. The van der Waals surface area contributed by atoms with Crippen molar-refractivity contribution in [1.82, 2.24) is 4.90 Å². The number of amides is 2. The summed E-state index contributed by atoms with van der Waals surface area (Å²) in [5.41, 5.74) is 4.66. The van der Waals surface area contributed by atoms with Crippen molar-refractivity contribution in [3.8, 4) is 0 Å². The molecule has 0 spiro atoms. The number of rotatable bonds is 2. The first kappa shape index (κ1) is 19.8. The van der Waals surface area contributed by atoms with E-state index in [0.29, 0.717) is 6.54 Å². The van der Waals surface area contributed by atoms with Gasteiger partial charge >= 0.3 is 6.03 Å². The zero-order valence-electron chi connectivity index (χ0n) is 16.5. The summed E-state index contributed by atoms with van der Waals surface area (Å²) in [4.78, 5) is 17.9. The van der Waals surface area contributed by atoms with E-state index in [2.05, 4.69) is 21.2 Å². The van der Waals surface area contributed by atoms with Gasteiger partial charge in [-0.2, -0.15) is 0 Å². The molecule has 3 nitrogen and oxygen atoms in total.